The van der Waals surface area contributed by atoms with Crippen LogP contribution in [0.1, 0.15) is 50.9 Å². The van der Waals surface area contributed by atoms with Crippen LogP contribution in [0.25, 0.3) is 10.9 Å². The van der Waals surface area contributed by atoms with Gasteiger partial charge in [0, 0.05) is 43.3 Å². The van der Waals surface area contributed by atoms with Gasteiger partial charge >= 0.3 is 6.18 Å². The van der Waals surface area contributed by atoms with Crippen molar-refractivity contribution in [2.75, 3.05) is 17.2 Å². The standard InChI is InChI=1S/C26H29ClF3N9/c1-24(2,3)14-33-21-15(11-31)12-32-22-17(21)9-16(10-18(22)27)35-23(20-5-8-34-38(20)4)19-13-39(37-36-19)25(6-7-25)26(28,29)30/h5,8-10,12-13,23,35-37H,6-7,14H2,1-4H3,(H,32,33)/t23-/m1/s1. The second-order valence-corrected chi connectivity index (χ2v) is 11.5. The van der Waals surface area contributed by atoms with E-state index in [9.17, 15) is 18.4 Å². The Hall–Kier alpha value is -3.69. The quantitative estimate of drug-likeness (QED) is 0.306. The van der Waals surface area contributed by atoms with Crippen molar-refractivity contribution in [2.45, 2.75) is 51.4 Å². The molecule has 0 saturated heterocycles. The van der Waals surface area contributed by atoms with Gasteiger partial charge in [0.15, 0.2) is 5.54 Å². The molecule has 9 nitrogen and oxygen atoms in total. The summed E-state index contributed by atoms with van der Waals surface area (Å²) in [6.07, 6.45) is 0.200. The number of alkyl halides is 3. The number of nitrogens with zero attached hydrogens (tertiary/aromatic N) is 5. The predicted octanol–water partition coefficient (Wildman–Crippen LogP) is 5.37. The molecule has 1 aliphatic carbocycles. The number of halogens is 4. The molecule has 1 aromatic carbocycles. The molecule has 39 heavy (non-hydrogen) atoms. The number of benzene rings is 1. The van der Waals surface area contributed by atoms with Gasteiger partial charge in [0.25, 0.3) is 0 Å². The zero-order valence-corrected chi connectivity index (χ0v) is 22.7. The number of nitrogens with one attached hydrogen (secondary N) is 4. The first kappa shape index (κ1) is 26.9. The first-order valence-corrected chi connectivity index (χ1v) is 12.8. The summed E-state index contributed by atoms with van der Waals surface area (Å²) in [4.78, 5) is 4.40. The largest absolute Gasteiger partial charge is 0.413 e. The van der Waals surface area contributed by atoms with E-state index < -0.39 is 17.8 Å². The highest BCUT2D eigenvalue weighted by molar-refractivity contribution is 6.35. The lowest BCUT2D eigenvalue weighted by atomic mass is 9.96. The van der Waals surface area contributed by atoms with Crippen molar-refractivity contribution < 1.29 is 13.2 Å². The number of aromatic nitrogens is 3. The van der Waals surface area contributed by atoms with Gasteiger partial charge < -0.3 is 16.1 Å². The molecule has 2 aliphatic rings. The van der Waals surface area contributed by atoms with Crippen LogP contribution < -0.4 is 21.6 Å². The van der Waals surface area contributed by atoms with Crippen LogP contribution in [0.15, 0.2) is 42.5 Å². The minimum absolute atomic E-state index is 0.0115. The topological polar surface area (TPSA) is 106 Å². The van der Waals surface area contributed by atoms with Gasteiger partial charge in [-0.1, -0.05) is 32.4 Å². The van der Waals surface area contributed by atoms with Gasteiger partial charge in [-0.25, -0.2) is 0 Å². The van der Waals surface area contributed by atoms with E-state index in [1.165, 1.54) is 12.4 Å². The molecule has 1 saturated carbocycles. The van der Waals surface area contributed by atoms with E-state index in [1.54, 1.807) is 30.1 Å². The number of nitriles is 1. The minimum atomic E-state index is -4.38. The van der Waals surface area contributed by atoms with E-state index >= 15 is 0 Å². The Kier molecular flexibility index (Phi) is 6.55. The van der Waals surface area contributed by atoms with E-state index in [0.717, 1.165) is 5.01 Å². The van der Waals surface area contributed by atoms with Crippen molar-refractivity contribution in [2.24, 2.45) is 12.5 Å². The molecule has 3 heterocycles. The molecule has 206 valence electrons. The molecule has 0 radical (unpaired) electrons. The second-order valence-electron chi connectivity index (χ2n) is 11.1. The maximum atomic E-state index is 13.8. The minimum Gasteiger partial charge on any atom is -0.383 e. The molecule has 1 aliphatic heterocycles. The number of fused-ring (bicyclic) bond motifs is 1. The smallest absolute Gasteiger partial charge is 0.383 e. The first-order chi connectivity index (χ1) is 18.3. The molecule has 1 atom stereocenters. The van der Waals surface area contributed by atoms with E-state index in [1.807, 2.05) is 6.07 Å². The van der Waals surface area contributed by atoms with Gasteiger partial charge in [-0.2, -0.15) is 23.5 Å². The molecule has 0 unspecified atom stereocenters. The highest BCUT2D eigenvalue weighted by Gasteiger charge is 2.67. The highest BCUT2D eigenvalue weighted by Crippen LogP contribution is 2.53. The van der Waals surface area contributed by atoms with Gasteiger partial charge in [-0.05, 0) is 36.5 Å². The Morgan fingerprint density at radius 3 is 2.59 bits per heavy atom. The Bertz CT molecular complexity index is 1480. The third kappa shape index (κ3) is 5.04. The van der Waals surface area contributed by atoms with E-state index in [4.69, 9.17) is 11.6 Å². The predicted molar refractivity (Wildman–Crippen MR) is 143 cm³/mol. The number of hydrogen-bond donors (Lipinski definition) is 4. The van der Waals surface area contributed by atoms with Crippen LogP contribution in [-0.4, -0.2) is 38.0 Å². The maximum Gasteiger partial charge on any atom is 0.413 e. The van der Waals surface area contributed by atoms with E-state index in [-0.39, 0.29) is 18.3 Å². The fourth-order valence-corrected chi connectivity index (χ4v) is 4.87. The van der Waals surface area contributed by atoms with Crippen molar-refractivity contribution in [3.05, 3.63) is 58.8 Å². The SMILES string of the molecule is Cn1nccc1[C@H](Nc1cc(Cl)c2ncc(C#N)c(NCC(C)(C)C)c2c1)C1=CN(C2(C(F)(F)F)CC2)NN1. The maximum absolute atomic E-state index is 13.8. The zero-order valence-electron chi connectivity index (χ0n) is 21.9. The number of pyridine rings is 1. The third-order valence-corrected chi connectivity index (χ3v) is 7.21. The molecule has 0 spiro atoms. The van der Waals surface area contributed by atoms with E-state index in [2.05, 4.69) is 58.5 Å². The molecule has 5 rings (SSSR count). The van der Waals surface area contributed by atoms with Crippen LogP contribution in [0.4, 0.5) is 24.5 Å². The molecule has 3 aromatic rings. The first-order valence-electron chi connectivity index (χ1n) is 12.4. The average molecular weight is 560 g/mol. The lowest BCUT2D eigenvalue weighted by Gasteiger charge is -2.28. The van der Waals surface area contributed by atoms with Crippen LogP contribution in [-0.2, 0) is 7.05 Å². The number of anilines is 2. The molecule has 2 aromatic heterocycles. The van der Waals surface area contributed by atoms with Crippen molar-refractivity contribution >= 4 is 33.9 Å². The third-order valence-electron chi connectivity index (χ3n) is 6.92. The molecule has 1 fully saturated rings. The Labute approximate surface area is 228 Å². The summed E-state index contributed by atoms with van der Waals surface area (Å²) in [6, 6.07) is 6.91. The molecular formula is C26H29ClF3N9. The van der Waals surface area contributed by atoms with Gasteiger partial charge in [0.2, 0.25) is 0 Å². The van der Waals surface area contributed by atoms with Crippen LogP contribution >= 0.6 is 11.6 Å². The summed E-state index contributed by atoms with van der Waals surface area (Å²) in [5, 5.41) is 22.9. The summed E-state index contributed by atoms with van der Waals surface area (Å²) in [5.74, 6) is 0. The highest BCUT2D eigenvalue weighted by atomic mass is 35.5. The van der Waals surface area contributed by atoms with Gasteiger partial charge in [-0.15, -0.1) is 5.53 Å². The average Bonchev–Trinajstić information content (AvgIpc) is 3.35. The van der Waals surface area contributed by atoms with Crippen LogP contribution in [0, 0.1) is 16.7 Å². The van der Waals surface area contributed by atoms with E-state index in [0.29, 0.717) is 50.8 Å². The van der Waals surface area contributed by atoms with Crippen molar-refractivity contribution in [1.82, 2.24) is 30.7 Å². The number of aryl methyl sites for hydroxylation is 1. The number of hydrogen-bond acceptors (Lipinski definition) is 8. The molecule has 0 bridgehead atoms. The molecule has 0 amide bonds. The molecule has 13 heteroatoms. The van der Waals surface area contributed by atoms with Gasteiger partial charge in [0.1, 0.15) is 12.1 Å². The number of hydrazine groups is 2. The Balaban J connectivity index is 1.55. The number of rotatable bonds is 7. The Morgan fingerprint density at radius 1 is 1.26 bits per heavy atom. The lowest BCUT2D eigenvalue weighted by Crippen LogP contribution is -2.52. The monoisotopic (exact) mass is 559 g/mol. The van der Waals surface area contributed by atoms with Crippen LogP contribution in [0.3, 0.4) is 0 Å². The van der Waals surface area contributed by atoms with Crippen molar-refractivity contribution in [3.8, 4) is 6.07 Å². The zero-order chi connectivity index (χ0) is 28.2. The summed E-state index contributed by atoms with van der Waals surface area (Å²) in [6.45, 7) is 6.85. The summed E-state index contributed by atoms with van der Waals surface area (Å²) in [5.41, 5.74) is 6.90. The van der Waals surface area contributed by atoms with Crippen LogP contribution in [0.2, 0.25) is 5.02 Å². The van der Waals surface area contributed by atoms with Crippen molar-refractivity contribution in [3.63, 3.8) is 0 Å². The van der Waals surface area contributed by atoms with Gasteiger partial charge in [0.05, 0.1) is 33.2 Å². The normalized spacial score (nSPS) is 17.4. The molecular weight excluding hydrogens is 531 g/mol. The Morgan fingerprint density at radius 2 is 2.00 bits per heavy atom. The fraction of sp³-hybridized carbons (Fsp3) is 0.423. The summed E-state index contributed by atoms with van der Waals surface area (Å²) < 4.78 is 43.0. The fourth-order valence-electron chi connectivity index (χ4n) is 4.60. The second kappa shape index (κ2) is 9.50. The van der Waals surface area contributed by atoms with Gasteiger partial charge in [-0.3, -0.25) is 14.7 Å². The summed E-state index contributed by atoms with van der Waals surface area (Å²) >= 11 is 6.65. The molecule has 4 N–H and O–H groups in total. The van der Waals surface area contributed by atoms with Crippen molar-refractivity contribution in [1.29, 1.82) is 5.26 Å². The summed E-state index contributed by atoms with van der Waals surface area (Å²) in [7, 11) is 1.76. The van der Waals surface area contributed by atoms with Crippen LogP contribution in [0.5, 0.6) is 0 Å². The lowest BCUT2D eigenvalue weighted by molar-refractivity contribution is -0.195.